The fraction of sp³-hybridized carbons (Fsp3) is 0.200. The molecule has 1 radical (unpaired) electrons. The highest BCUT2D eigenvalue weighted by Crippen LogP contribution is 2.27. The molecule has 16 heavy (non-hydrogen) atoms. The summed E-state index contributed by atoms with van der Waals surface area (Å²) in [5.74, 6) is 1.78. The molecule has 1 nitrogen and oxygen atoms in total. The fourth-order valence-electron chi connectivity index (χ4n) is 1.61. The SMILES string of the molecule is Cc1cc(C)c(Oc2cc[c]cc2)cc1C. The van der Waals surface area contributed by atoms with Crippen LogP contribution in [0.1, 0.15) is 16.7 Å². The number of benzene rings is 2. The number of rotatable bonds is 2. The van der Waals surface area contributed by atoms with E-state index in [0.29, 0.717) is 0 Å². The maximum absolute atomic E-state index is 5.82. The van der Waals surface area contributed by atoms with E-state index in [9.17, 15) is 0 Å². The topological polar surface area (TPSA) is 9.23 Å². The quantitative estimate of drug-likeness (QED) is 0.723. The first kappa shape index (κ1) is 10.7. The van der Waals surface area contributed by atoms with E-state index in [1.54, 1.807) is 0 Å². The summed E-state index contributed by atoms with van der Waals surface area (Å²) < 4.78 is 5.82. The Bertz CT molecular complexity index is 486. The van der Waals surface area contributed by atoms with Crippen LogP contribution in [0.3, 0.4) is 0 Å². The van der Waals surface area contributed by atoms with E-state index in [2.05, 4.69) is 39.0 Å². The van der Waals surface area contributed by atoms with E-state index in [4.69, 9.17) is 4.74 Å². The monoisotopic (exact) mass is 211 g/mol. The van der Waals surface area contributed by atoms with Crippen LogP contribution in [-0.4, -0.2) is 0 Å². The molecule has 0 unspecified atom stereocenters. The van der Waals surface area contributed by atoms with Gasteiger partial charge in [-0.3, -0.25) is 0 Å². The Morgan fingerprint density at radius 2 is 1.50 bits per heavy atom. The summed E-state index contributed by atoms with van der Waals surface area (Å²) in [7, 11) is 0. The minimum atomic E-state index is 0.852. The number of ether oxygens (including phenoxy) is 1. The highest BCUT2D eigenvalue weighted by atomic mass is 16.5. The largest absolute Gasteiger partial charge is 0.457 e. The molecule has 0 aliphatic rings. The Balaban J connectivity index is 2.32. The van der Waals surface area contributed by atoms with Gasteiger partial charge in [0.25, 0.3) is 0 Å². The number of hydrogen-bond acceptors (Lipinski definition) is 1. The van der Waals surface area contributed by atoms with Crippen LogP contribution in [0.15, 0.2) is 36.4 Å². The molecule has 0 fully saturated rings. The predicted octanol–water partition coefficient (Wildman–Crippen LogP) is 4.20. The van der Waals surface area contributed by atoms with Gasteiger partial charge in [0, 0.05) is 0 Å². The van der Waals surface area contributed by atoms with Crippen molar-refractivity contribution in [3.05, 3.63) is 59.2 Å². The zero-order valence-corrected chi connectivity index (χ0v) is 9.87. The van der Waals surface area contributed by atoms with Crippen LogP contribution < -0.4 is 4.74 Å². The molecule has 0 amide bonds. The highest BCUT2D eigenvalue weighted by Gasteiger charge is 2.03. The molecule has 2 rings (SSSR count). The van der Waals surface area contributed by atoms with E-state index < -0.39 is 0 Å². The molecule has 0 spiro atoms. The molecule has 2 aromatic carbocycles. The molecule has 1 heteroatoms. The van der Waals surface area contributed by atoms with Crippen molar-refractivity contribution >= 4 is 0 Å². The zero-order valence-electron chi connectivity index (χ0n) is 9.87. The second-order valence-electron chi connectivity index (χ2n) is 4.04. The Hall–Kier alpha value is -1.76. The lowest BCUT2D eigenvalue weighted by Gasteiger charge is -2.11. The van der Waals surface area contributed by atoms with Crippen molar-refractivity contribution in [1.82, 2.24) is 0 Å². The minimum absolute atomic E-state index is 0.852. The van der Waals surface area contributed by atoms with Gasteiger partial charge >= 0.3 is 0 Å². The van der Waals surface area contributed by atoms with Crippen LogP contribution >= 0.6 is 0 Å². The third-order valence-corrected chi connectivity index (χ3v) is 2.71. The molecule has 0 saturated heterocycles. The molecule has 2 aromatic rings. The van der Waals surface area contributed by atoms with E-state index in [-0.39, 0.29) is 0 Å². The Morgan fingerprint density at radius 1 is 0.875 bits per heavy atom. The van der Waals surface area contributed by atoms with E-state index >= 15 is 0 Å². The van der Waals surface area contributed by atoms with Gasteiger partial charge in [-0.15, -0.1) is 0 Å². The summed E-state index contributed by atoms with van der Waals surface area (Å²) >= 11 is 0. The molecule has 0 atom stereocenters. The molecule has 0 heterocycles. The van der Waals surface area contributed by atoms with Gasteiger partial charge in [0.2, 0.25) is 0 Å². The maximum atomic E-state index is 5.82. The lowest BCUT2D eigenvalue weighted by Crippen LogP contribution is -1.90. The average molecular weight is 211 g/mol. The van der Waals surface area contributed by atoms with E-state index in [1.807, 2.05) is 24.3 Å². The van der Waals surface area contributed by atoms with Gasteiger partial charge in [-0.25, -0.2) is 0 Å². The summed E-state index contributed by atoms with van der Waals surface area (Å²) in [6.45, 7) is 6.28. The third kappa shape index (κ3) is 2.25. The summed E-state index contributed by atoms with van der Waals surface area (Å²) in [5.41, 5.74) is 3.71. The van der Waals surface area contributed by atoms with Gasteiger partial charge in [-0.2, -0.15) is 0 Å². The van der Waals surface area contributed by atoms with E-state index in [0.717, 1.165) is 17.1 Å². The summed E-state index contributed by atoms with van der Waals surface area (Å²) in [5, 5.41) is 0. The van der Waals surface area contributed by atoms with Crippen molar-refractivity contribution in [2.45, 2.75) is 20.8 Å². The molecule has 0 aliphatic heterocycles. The lowest BCUT2D eigenvalue weighted by atomic mass is 10.1. The van der Waals surface area contributed by atoms with Crippen LogP contribution in [0, 0.1) is 26.8 Å². The Kier molecular flexibility index (Phi) is 2.95. The standard InChI is InChI=1S/C15H15O/c1-11-9-13(3)15(10-12(11)2)16-14-7-5-4-6-8-14/h5-10H,1-3H3. The highest BCUT2D eigenvalue weighted by molar-refractivity contribution is 5.43. The van der Waals surface area contributed by atoms with Crippen molar-refractivity contribution in [1.29, 1.82) is 0 Å². The molecule has 0 aromatic heterocycles. The zero-order chi connectivity index (χ0) is 11.5. The van der Waals surface area contributed by atoms with Crippen LogP contribution in [-0.2, 0) is 0 Å². The van der Waals surface area contributed by atoms with Crippen LogP contribution in [0.5, 0.6) is 11.5 Å². The van der Waals surface area contributed by atoms with Crippen LogP contribution in [0.2, 0.25) is 0 Å². The molecule has 0 bridgehead atoms. The van der Waals surface area contributed by atoms with Crippen molar-refractivity contribution in [3.8, 4) is 11.5 Å². The number of hydrogen-bond donors (Lipinski definition) is 0. The minimum Gasteiger partial charge on any atom is -0.457 e. The molecular weight excluding hydrogens is 196 g/mol. The first-order valence-corrected chi connectivity index (χ1v) is 5.38. The predicted molar refractivity (Wildman–Crippen MR) is 66.0 cm³/mol. The van der Waals surface area contributed by atoms with Crippen molar-refractivity contribution in [2.75, 3.05) is 0 Å². The van der Waals surface area contributed by atoms with Gasteiger partial charge in [0.15, 0.2) is 0 Å². The molecule has 81 valence electrons. The smallest absolute Gasteiger partial charge is 0.130 e. The molecule has 0 aliphatic carbocycles. The van der Waals surface area contributed by atoms with Crippen LogP contribution in [0.4, 0.5) is 0 Å². The average Bonchev–Trinajstić information content (AvgIpc) is 2.27. The Labute approximate surface area is 96.7 Å². The normalized spacial score (nSPS) is 10.2. The summed E-state index contributed by atoms with van der Waals surface area (Å²) in [6, 6.07) is 14.7. The second kappa shape index (κ2) is 4.40. The lowest BCUT2D eigenvalue weighted by molar-refractivity contribution is 0.478. The molecular formula is C15H15O. The number of aryl methyl sites for hydroxylation is 3. The second-order valence-corrected chi connectivity index (χ2v) is 4.04. The van der Waals surface area contributed by atoms with Gasteiger partial charge in [0.1, 0.15) is 11.5 Å². The maximum Gasteiger partial charge on any atom is 0.130 e. The van der Waals surface area contributed by atoms with Gasteiger partial charge in [-0.1, -0.05) is 18.2 Å². The van der Waals surface area contributed by atoms with Crippen molar-refractivity contribution < 1.29 is 4.74 Å². The van der Waals surface area contributed by atoms with E-state index in [1.165, 1.54) is 11.1 Å². The molecule has 0 saturated carbocycles. The van der Waals surface area contributed by atoms with Gasteiger partial charge < -0.3 is 4.74 Å². The summed E-state index contributed by atoms with van der Waals surface area (Å²) in [6.07, 6.45) is 0. The first-order valence-electron chi connectivity index (χ1n) is 5.38. The van der Waals surface area contributed by atoms with Crippen molar-refractivity contribution in [3.63, 3.8) is 0 Å². The molecule has 0 N–H and O–H groups in total. The first-order chi connectivity index (χ1) is 7.66. The van der Waals surface area contributed by atoms with Crippen molar-refractivity contribution in [2.24, 2.45) is 0 Å². The third-order valence-electron chi connectivity index (χ3n) is 2.71. The van der Waals surface area contributed by atoms with Crippen LogP contribution in [0.25, 0.3) is 0 Å². The summed E-state index contributed by atoms with van der Waals surface area (Å²) in [4.78, 5) is 0. The van der Waals surface area contributed by atoms with Gasteiger partial charge in [0.05, 0.1) is 0 Å². The van der Waals surface area contributed by atoms with Gasteiger partial charge in [-0.05, 0) is 61.7 Å². The Morgan fingerprint density at radius 3 is 2.19 bits per heavy atom. The fourth-order valence-corrected chi connectivity index (χ4v) is 1.61.